The van der Waals surface area contributed by atoms with Crippen LogP contribution in [0.1, 0.15) is 27.3 Å². The molecule has 2 aromatic rings. The van der Waals surface area contributed by atoms with Crippen molar-refractivity contribution < 1.29 is 18.0 Å². The Bertz CT molecular complexity index is 691. The molecule has 0 saturated heterocycles. The molecule has 2 rings (SSSR count). The average Bonchev–Trinajstić information content (AvgIpc) is 2.82. The summed E-state index contributed by atoms with van der Waals surface area (Å²) in [6.45, 7) is 4.86. The molecule has 0 radical (unpaired) electrons. The minimum absolute atomic E-state index is 0.0837. The minimum Gasteiger partial charge on any atom is -0.289 e. The number of ketones is 1. The van der Waals surface area contributed by atoms with Crippen molar-refractivity contribution in [2.45, 2.75) is 19.6 Å². The molecule has 0 atom stereocenters. The quantitative estimate of drug-likeness (QED) is 0.642. The van der Waals surface area contributed by atoms with Crippen molar-refractivity contribution in [1.29, 1.82) is 0 Å². The standard InChI is InChI=1S/C13H11F3N4O/c1-3-12(21)11-5-4-10(13(14,15)16)6-9(11)7-20-18-8(2)17-19-20/h3-6H,1,7H2,2H3. The number of halogens is 3. The molecular weight excluding hydrogens is 285 g/mol. The lowest BCUT2D eigenvalue weighted by molar-refractivity contribution is -0.137. The Morgan fingerprint density at radius 3 is 2.67 bits per heavy atom. The van der Waals surface area contributed by atoms with Crippen LogP contribution < -0.4 is 0 Å². The summed E-state index contributed by atoms with van der Waals surface area (Å²) >= 11 is 0. The van der Waals surface area contributed by atoms with Crippen LogP contribution >= 0.6 is 0 Å². The van der Waals surface area contributed by atoms with E-state index in [1.165, 1.54) is 0 Å². The van der Waals surface area contributed by atoms with Crippen LogP contribution in [0, 0.1) is 6.92 Å². The highest BCUT2D eigenvalue weighted by Gasteiger charge is 2.31. The lowest BCUT2D eigenvalue weighted by atomic mass is 10.00. The van der Waals surface area contributed by atoms with Crippen LogP contribution in [0.25, 0.3) is 0 Å². The third-order valence-corrected chi connectivity index (χ3v) is 2.75. The Balaban J connectivity index is 2.47. The first kappa shape index (κ1) is 14.9. The number of tetrazole rings is 1. The maximum Gasteiger partial charge on any atom is 0.416 e. The molecule has 8 heteroatoms. The monoisotopic (exact) mass is 296 g/mol. The lowest BCUT2D eigenvalue weighted by Gasteiger charge is -2.11. The summed E-state index contributed by atoms with van der Waals surface area (Å²) in [4.78, 5) is 12.9. The van der Waals surface area contributed by atoms with Crippen molar-refractivity contribution in [1.82, 2.24) is 20.2 Å². The maximum absolute atomic E-state index is 12.8. The minimum atomic E-state index is -4.49. The Labute approximate surface area is 118 Å². The summed E-state index contributed by atoms with van der Waals surface area (Å²) < 4.78 is 38.3. The van der Waals surface area contributed by atoms with Gasteiger partial charge in [-0.25, -0.2) is 0 Å². The van der Waals surface area contributed by atoms with Gasteiger partial charge < -0.3 is 0 Å². The molecule has 0 unspecified atom stereocenters. The first-order chi connectivity index (χ1) is 9.81. The SMILES string of the molecule is C=CC(=O)c1ccc(C(F)(F)F)cc1Cn1nnc(C)n1. The third kappa shape index (κ3) is 3.33. The zero-order chi connectivity index (χ0) is 15.6. The van der Waals surface area contributed by atoms with Crippen molar-refractivity contribution in [3.8, 4) is 0 Å². The number of carbonyl (C=O) groups is 1. The highest BCUT2D eigenvalue weighted by molar-refractivity contribution is 6.05. The first-order valence-corrected chi connectivity index (χ1v) is 5.92. The summed E-state index contributed by atoms with van der Waals surface area (Å²) in [5.74, 6) is -0.0749. The van der Waals surface area contributed by atoms with E-state index in [9.17, 15) is 18.0 Å². The van der Waals surface area contributed by atoms with Gasteiger partial charge in [0, 0.05) is 5.56 Å². The van der Waals surface area contributed by atoms with Gasteiger partial charge in [0.15, 0.2) is 11.6 Å². The van der Waals surface area contributed by atoms with E-state index in [4.69, 9.17) is 0 Å². The second kappa shape index (κ2) is 5.47. The van der Waals surface area contributed by atoms with Gasteiger partial charge in [-0.05, 0) is 35.9 Å². The highest BCUT2D eigenvalue weighted by Crippen LogP contribution is 2.31. The van der Waals surface area contributed by atoms with Gasteiger partial charge in [-0.1, -0.05) is 12.6 Å². The van der Waals surface area contributed by atoms with Gasteiger partial charge in [0.05, 0.1) is 12.1 Å². The van der Waals surface area contributed by atoms with Crippen molar-refractivity contribution in [3.63, 3.8) is 0 Å². The van der Waals surface area contributed by atoms with Crippen molar-refractivity contribution in [3.05, 3.63) is 53.4 Å². The average molecular weight is 296 g/mol. The van der Waals surface area contributed by atoms with Gasteiger partial charge in [0.1, 0.15) is 0 Å². The second-order valence-electron chi connectivity index (χ2n) is 4.31. The predicted octanol–water partition coefficient (Wildman–Crippen LogP) is 2.42. The van der Waals surface area contributed by atoms with Gasteiger partial charge >= 0.3 is 6.18 Å². The molecular formula is C13H11F3N4O. The fourth-order valence-corrected chi connectivity index (χ4v) is 1.79. The molecule has 0 N–H and O–H groups in total. The number of nitrogens with zero attached hydrogens (tertiary/aromatic N) is 4. The van der Waals surface area contributed by atoms with Crippen LogP contribution in [-0.2, 0) is 12.7 Å². The highest BCUT2D eigenvalue weighted by atomic mass is 19.4. The van der Waals surface area contributed by atoms with Crippen molar-refractivity contribution in [2.75, 3.05) is 0 Å². The fraction of sp³-hybridized carbons (Fsp3) is 0.231. The number of hydrogen-bond acceptors (Lipinski definition) is 4. The van der Waals surface area contributed by atoms with Gasteiger partial charge in [-0.3, -0.25) is 4.79 Å². The molecule has 0 aliphatic carbocycles. The molecule has 0 aliphatic rings. The zero-order valence-corrected chi connectivity index (χ0v) is 11.1. The number of alkyl halides is 3. The number of benzene rings is 1. The Kier molecular flexibility index (Phi) is 3.88. The van der Waals surface area contributed by atoms with Crippen molar-refractivity contribution >= 4 is 5.78 Å². The van der Waals surface area contributed by atoms with Crippen molar-refractivity contribution in [2.24, 2.45) is 0 Å². The Morgan fingerprint density at radius 2 is 2.14 bits per heavy atom. The molecule has 0 aliphatic heterocycles. The largest absolute Gasteiger partial charge is 0.416 e. The number of hydrogen-bond donors (Lipinski definition) is 0. The van der Waals surface area contributed by atoms with E-state index >= 15 is 0 Å². The van der Waals surface area contributed by atoms with Crippen LogP contribution in [0.5, 0.6) is 0 Å². The molecule has 110 valence electrons. The van der Waals surface area contributed by atoms with Crippen LogP contribution in [0.4, 0.5) is 13.2 Å². The van der Waals surface area contributed by atoms with E-state index in [0.717, 1.165) is 29.1 Å². The summed E-state index contributed by atoms with van der Waals surface area (Å²) in [5.41, 5.74) is -0.546. The fourth-order valence-electron chi connectivity index (χ4n) is 1.79. The molecule has 1 aromatic heterocycles. The van der Waals surface area contributed by atoms with Crippen LogP contribution in [0.3, 0.4) is 0 Å². The molecule has 0 saturated carbocycles. The molecule has 0 amide bonds. The number of aryl methyl sites for hydroxylation is 1. The summed E-state index contributed by atoms with van der Waals surface area (Å²) in [6.07, 6.45) is -3.44. The molecule has 21 heavy (non-hydrogen) atoms. The van der Waals surface area contributed by atoms with E-state index in [1.54, 1.807) is 6.92 Å². The second-order valence-corrected chi connectivity index (χ2v) is 4.31. The van der Waals surface area contributed by atoms with Gasteiger partial charge in [-0.15, -0.1) is 10.2 Å². The van der Waals surface area contributed by atoms with Gasteiger partial charge in [-0.2, -0.15) is 18.0 Å². The summed E-state index contributed by atoms with van der Waals surface area (Å²) in [6, 6.07) is 2.90. The van der Waals surface area contributed by atoms with E-state index in [0.29, 0.717) is 5.82 Å². The summed E-state index contributed by atoms with van der Waals surface area (Å²) in [7, 11) is 0. The number of carbonyl (C=O) groups excluding carboxylic acids is 1. The molecule has 5 nitrogen and oxygen atoms in total. The molecule has 1 heterocycles. The Morgan fingerprint density at radius 1 is 1.43 bits per heavy atom. The number of rotatable bonds is 4. The third-order valence-electron chi connectivity index (χ3n) is 2.75. The van der Waals surface area contributed by atoms with E-state index in [1.807, 2.05) is 0 Å². The normalized spacial score (nSPS) is 11.4. The van der Waals surface area contributed by atoms with Gasteiger partial charge in [0.25, 0.3) is 0 Å². The van der Waals surface area contributed by atoms with Crippen LogP contribution in [0.15, 0.2) is 30.9 Å². The first-order valence-electron chi connectivity index (χ1n) is 5.92. The molecule has 0 spiro atoms. The van der Waals surface area contributed by atoms with Crippen LogP contribution in [0.2, 0.25) is 0 Å². The topological polar surface area (TPSA) is 60.7 Å². The van der Waals surface area contributed by atoms with Crippen LogP contribution in [-0.4, -0.2) is 26.0 Å². The van der Waals surface area contributed by atoms with E-state index in [2.05, 4.69) is 22.0 Å². The zero-order valence-electron chi connectivity index (χ0n) is 11.1. The number of allylic oxidation sites excluding steroid dienone is 1. The van der Waals surface area contributed by atoms with E-state index < -0.39 is 17.5 Å². The Hall–Kier alpha value is -2.51. The smallest absolute Gasteiger partial charge is 0.289 e. The lowest BCUT2D eigenvalue weighted by Crippen LogP contribution is -2.12. The summed E-state index contributed by atoms with van der Waals surface area (Å²) in [5, 5.41) is 11.2. The van der Waals surface area contributed by atoms with E-state index in [-0.39, 0.29) is 17.7 Å². The maximum atomic E-state index is 12.8. The van der Waals surface area contributed by atoms with Gasteiger partial charge in [0.2, 0.25) is 0 Å². The predicted molar refractivity (Wildman–Crippen MR) is 67.6 cm³/mol. The molecule has 1 aromatic carbocycles. The molecule has 0 bridgehead atoms. The molecule has 0 fully saturated rings. The number of aromatic nitrogens is 4.